The number of allylic oxidation sites excluding steroid dienone is 4. The van der Waals surface area contributed by atoms with Crippen molar-refractivity contribution in [2.75, 3.05) is 5.32 Å². The topological polar surface area (TPSA) is 125 Å². The number of rotatable bonds is 11. The normalized spacial score (nSPS) is 22.7. The SMILES string of the molecule is CC(C)=CCC/C(C)=C/C[C@]12C[C@@H](C(=O)N[C@@H](C)C(=O)O)N(C(=O)[C@H](N)Cc3ccccc3)[C@H]1Nc1ccccc12. The van der Waals surface area contributed by atoms with Gasteiger partial charge in [-0.1, -0.05) is 71.8 Å². The van der Waals surface area contributed by atoms with E-state index in [1.165, 1.54) is 18.1 Å². The number of likely N-dealkylation sites (tertiary alicyclic amines) is 1. The zero-order valence-electron chi connectivity index (χ0n) is 24.4. The molecule has 0 radical (unpaired) electrons. The van der Waals surface area contributed by atoms with Crippen molar-refractivity contribution in [3.63, 3.8) is 0 Å². The molecular formula is C33H42N4O4. The molecule has 8 heteroatoms. The standard InChI is InChI=1S/C33H42N4O4/c1-21(2)11-10-12-22(3)17-18-33-20-28(29(38)35-23(4)31(40)41)37(32(33)36-27-16-9-8-15-25(27)33)30(39)26(34)19-24-13-6-5-7-14-24/h5-9,11,13-17,23,26,28,32,36H,10,12,18-20,34H2,1-4H3,(H,35,38)(H,40,41)/b22-17+/t23-,26+,28-,32+,33+/m0/s1. The smallest absolute Gasteiger partial charge is 0.325 e. The number of hydrogen-bond acceptors (Lipinski definition) is 5. The van der Waals surface area contributed by atoms with Crippen LogP contribution in [0, 0.1) is 0 Å². The van der Waals surface area contributed by atoms with Gasteiger partial charge in [-0.3, -0.25) is 14.4 Å². The van der Waals surface area contributed by atoms with E-state index in [-0.39, 0.29) is 5.91 Å². The van der Waals surface area contributed by atoms with E-state index < -0.39 is 41.6 Å². The Kier molecular flexibility index (Phi) is 9.33. The average molecular weight is 559 g/mol. The number of carbonyl (C=O) groups excluding carboxylic acids is 2. The maximum Gasteiger partial charge on any atom is 0.325 e. The highest BCUT2D eigenvalue weighted by Crippen LogP contribution is 2.53. The molecule has 2 amide bonds. The monoisotopic (exact) mass is 558 g/mol. The molecule has 4 rings (SSSR count). The van der Waals surface area contributed by atoms with Gasteiger partial charge in [0, 0.05) is 11.1 Å². The van der Waals surface area contributed by atoms with E-state index in [0.29, 0.717) is 19.3 Å². The fraction of sp³-hybridized carbons (Fsp3) is 0.424. The molecule has 2 aromatic carbocycles. The minimum absolute atomic E-state index is 0.325. The zero-order chi connectivity index (χ0) is 29.7. The molecule has 2 aromatic rings. The third-order valence-electron chi connectivity index (χ3n) is 8.26. The van der Waals surface area contributed by atoms with Crippen molar-refractivity contribution >= 4 is 23.5 Å². The van der Waals surface area contributed by atoms with Gasteiger partial charge >= 0.3 is 5.97 Å². The first-order chi connectivity index (χ1) is 19.5. The molecule has 0 unspecified atom stereocenters. The Bertz CT molecular complexity index is 1330. The van der Waals surface area contributed by atoms with Crippen molar-refractivity contribution in [1.82, 2.24) is 10.2 Å². The number of aliphatic carboxylic acids is 1. The molecule has 0 aromatic heterocycles. The molecule has 0 aliphatic carbocycles. The maximum atomic E-state index is 14.1. The van der Waals surface area contributed by atoms with E-state index in [1.807, 2.05) is 48.5 Å². The number of nitrogens with zero attached hydrogens (tertiary/aromatic N) is 1. The van der Waals surface area contributed by atoms with E-state index in [9.17, 15) is 19.5 Å². The van der Waals surface area contributed by atoms with Gasteiger partial charge in [0.15, 0.2) is 0 Å². The molecule has 0 saturated carbocycles. The molecule has 0 bridgehead atoms. The van der Waals surface area contributed by atoms with Crippen LogP contribution in [0.4, 0.5) is 5.69 Å². The first-order valence-corrected chi connectivity index (χ1v) is 14.3. The van der Waals surface area contributed by atoms with Crippen molar-refractivity contribution in [3.8, 4) is 0 Å². The number of carbonyl (C=O) groups is 3. The van der Waals surface area contributed by atoms with Crippen LogP contribution in [0.25, 0.3) is 0 Å². The summed E-state index contributed by atoms with van der Waals surface area (Å²) >= 11 is 0. The highest BCUT2D eigenvalue weighted by atomic mass is 16.4. The molecule has 2 heterocycles. The summed E-state index contributed by atoms with van der Waals surface area (Å²) in [7, 11) is 0. The predicted molar refractivity (Wildman–Crippen MR) is 161 cm³/mol. The highest BCUT2D eigenvalue weighted by molar-refractivity contribution is 5.94. The number of amides is 2. The first kappa shape index (κ1) is 30.1. The number of anilines is 1. The van der Waals surface area contributed by atoms with Gasteiger partial charge in [-0.15, -0.1) is 0 Å². The summed E-state index contributed by atoms with van der Waals surface area (Å²) in [6.45, 7) is 7.72. The van der Waals surface area contributed by atoms with Crippen LogP contribution in [0.3, 0.4) is 0 Å². The highest BCUT2D eigenvalue weighted by Gasteiger charge is 2.60. The second-order valence-electron chi connectivity index (χ2n) is 11.7. The second kappa shape index (κ2) is 12.7. The first-order valence-electron chi connectivity index (χ1n) is 14.3. The van der Waals surface area contributed by atoms with Crippen molar-refractivity contribution in [3.05, 3.63) is 89.0 Å². The van der Waals surface area contributed by atoms with E-state index in [0.717, 1.165) is 29.7 Å². The lowest BCUT2D eigenvalue weighted by Crippen LogP contribution is -2.57. The van der Waals surface area contributed by atoms with Crippen LogP contribution in [0.1, 0.15) is 64.5 Å². The lowest BCUT2D eigenvalue weighted by molar-refractivity contribution is -0.144. The van der Waals surface area contributed by atoms with Crippen molar-refractivity contribution < 1.29 is 19.5 Å². The summed E-state index contributed by atoms with van der Waals surface area (Å²) in [5, 5.41) is 15.6. The van der Waals surface area contributed by atoms with Crippen LogP contribution in [-0.4, -0.2) is 52.1 Å². The molecule has 5 atom stereocenters. The number of nitrogens with two attached hydrogens (primary N) is 1. The molecule has 1 fully saturated rings. The van der Waals surface area contributed by atoms with E-state index in [1.54, 1.807) is 4.90 Å². The quantitative estimate of drug-likeness (QED) is 0.301. The van der Waals surface area contributed by atoms with Crippen LogP contribution >= 0.6 is 0 Å². The Morgan fingerprint density at radius 3 is 2.46 bits per heavy atom. The maximum absolute atomic E-state index is 14.1. The number of nitrogens with one attached hydrogen (secondary N) is 2. The Morgan fingerprint density at radius 1 is 1.10 bits per heavy atom. The summed E-state index contributed by atoms with van der Waals surface area (Å²) < 4.78 is 0. The van der Waals surface area contributed by atoms with Gasteiger partial charge in [-0.25, -0.2) is 0 Å². The molecule has 2 aliphatic rings. The van der Waals surface area contributed by atoms with Gasteiger partial charge < -0.3 is 26.4 Å². The third kappa shape index (κ3) is 6.54. The Morgan fingerprint density at radius 2 is 1.78 bits per heavy atom. The second-order valence-corrected chi connectivity index (χ2v) is 11.7. The number of carboxylic acid groups (broad SMARTS) is 1. The minimum atomic E-state index is -1.14. The Hall–Kier alpha value is -3.91. The largest absolute Gasteiger partial charge is 0.480 e. The van der Waals surface area contributed by atoms with Crippen molar-refractivity contribution in [2.45, 2.75) is 89.5 Å². The summed E-state index contributed by atoms with van der Waals surface area (Å²) in [6.07, 6.45) is 7.11. The molecule has 218 valence electrons. The van der Waals surface area contributed by atoms with Crippen LogP contribution in [-0.2, 0) is 26.2 Å². The van der Waals surface area contributed by atoms with Gasteiger partial charge in [-0.2, -0.15) is 0 Å². The van der Waals surface area contributed by atoms with Crippen molar-refractivity contribution in [2.24, 2.45) is 5.73 Å². The number of para-hydroxylation sites is 1. The number of hydrogen-bond donors (Lipinski definition) is 4. The molecule has 41 heavy (non-hydrogen) atoms. The molecule has 2 aliphatic heterocycles. The Labute approximate surface area is 242 Å². The molecule has 5 N–H and O–H groups in total. The van der Waals surface area contributed by atoms with Gasteiger partial charge in [0.2, 0.25) is 11.8 Å². The van der Waals surface area contributed by atoms with Crippen LogP contribution in [0.15, 0.2) is 77.9 Å². The fourth-order valence-corrected chi connectivity index (χ4v) is 6.03. The number of carboxylic acids is 1. The fourth-order valence-electron chi connectivity index (χ4n) is 6.03. The third-order valence-corrected chi connectivity index (χ3v) is 8.26. The predicted octanol–water partition coefficient (Wildman–Crippen LogP) is 4.52. The van der Waals surface area contributed by atoms with E-state index in [2.05, 4.69) is 49.6 Å². The van der Waals surface area contributed by atoms with Gasteiger partial charge in [0.05, 0.1) is 6.04 Å². The number of fused-ring (bicyclic) bond motifs is 3. The van der Waals surface area contributed by atoms with Gasteiger partial charge in [0.25, 0.3) is 0 Å². The van der Waals surface area contributed by atoms with E-state index >= 15 is 0 Å². The summed E-state index contributed by atoms with van der Waals surface area (Å²) in [6, 6.07) is 14.7. The molecule has 0 spiro atoms. The van der Waals surface area contributed by atoms with Crippen LogP contribution in [0.5, 0.6) is 0 Å². The van der Waals surface area contributed by atoms with Crippen molar-refractivity contribution in [1.29, 1.82) is 0 Å². The van der Waals surface area contributed by atoms with Gasteiger partial charge in [0.1, 0.15) is 18.2 Å². The molecule has 1 saturated heterocycles. The summed E-state index contributed by atoms with van der Waals surface area (Å²) in [4.78, 5) is 40.9. The lowest BCUT2D eigenvalue weighted by atomic mass is 9.74. The summed E-state index contributed by atoms with van der Waals surface area (Å²) in [5.74, 6) is -1.96. The summed E-state index contributed by atoms with van der Waals surface area (Å²) in [5.41, 5.74) is 11.4. The molecule has 8 nitrogen and oxygen atoms in total. The number of benzene rings is 2. The molecular weight excluding hydrogens is 516 g/mol. The zero-order valence-corrected chi connectivity index (χ0v) is 24.4. The minimum Gasteiger partial charge on any atom is -0.480 e. The van der Waals surface area contributed by atoms with Crippen LogP contribution < -0.4 is 16.4 Å². The lowest BCUT2D eigenvalue weighted by Gasteiger charge is -2.34. The van der Waals surface area contributed by atoms with Gasteiger partial charge in [-0.05, 0) is 77.0 Å². The Balaban J connectivity index is 1.71. The van der Waals surface area contributed by atoms with E-state index in [4.69, 9.17) is 5.73 Å². The van der Waals surface area contributed by atoms with Crippen LogP contribution in [0.2, 0.25) is 0 Å². The average Bonchev–Trinajstić information content (AvgIpc) is 3.43.